The van der Waals surface area contributed by atoms with Crippen LogP contribution in [-0.4, -0.2) is 61.3 Å². The molecule has 1 saturated carbocycles. The van der Waals surface area contributed by atoms with Crippen LogP contribution in [-0.2, 0) is 25.8 Å². The van der Waals surface area contributed by atoms with Crippen LogP contribution >= 0.6 is 11.6 Å². The van der Waals surface area contributed by atoms with Crippen LogP contribution < -0.4 is 10.2 Å². The van der Waals surface area contributed by atoms with E-state index in [1.807, 2.05) is 30.7 Å². The largest absolute Gasteiger partial charge is 0.356 e. The summed E-state index contributed by atoms with van der Waals surface area (Å²) in [5.41, 5.74) is 4.56. The molecule has 8 nitrogen and oxygen atoms in total. The Balaban J connectivity index is 0.000000321. The molecule has 1 aliphatic carbocycles. The van der Waals surface area contributed by atoms with E-state index in [-0.39, 0.29) is 5.54 Å². The molecule has 3 aromatic heterocycles. The summed E-state index contributed by atoms with van der Waals surface area (Å²) in [6.45, 7) is 7.08. The molecule has 4 aliphatic heterocycles. The highest BCUT2D eigenvalue weighted by Crippen LogP contribution is 2.40. The van der Waals surface area contributed by atoms with Gasteiger partial charge in [0.05, 0.1) is 11.1 Å². The van der Waals surface area contributed by atoms with Gasteiger partial charge in [-0.05, 0) is 100 Å². The average molecular weight is 649 g/mol. The Morgan fingerprint density at radius 1 is 1.11 bits per heavy atom. The molecule has 2 unspecified atom stereocenters. The van der Waals surface area contributed by atoms with Gasteiger partial charge < -0.3 is 10.2 Å². The molecular weight excluding hydrogens is 606 g/mol. The third-order valence-corrected chi connectivity index (χ3v) is 10.5. The number of rotatable bonds is 1. The first-order valence-electron chi connectivity index (χ1n) is 17.0. The van der Waals surface area contributed by atoms with Gasteiger partial charge in [-0.25, -0.2) is 18.7 Å². The highest BCUT2D eigenvalue weighted by molar-refractivity contribution is 6.31. The minimum atomic E-state index is -0.565. The van der Waals surface area contributed by atoms with Crippen molar-refractivity contribution in [3.63, 3.8) is 0 Å². The highest BCUT2D eigenvalue weighted by atomic mass is 35.5. The Kier molecular flexibility index (Phi) is 8.94. The van der Waals surface area contributed by atoms with E-state index in [2.05, 4.69) is 36.7 Å². The number of fused-ring (bicyclic) bond motifs is 4. The Labute approximate surface area is 274 Å². The van der Waals surface area contributed by atoms with Crippen LogP contribution in [0.5, 0.6) is 0 Å². The number of hydrogen-bond acceptors (Lipinski definition) is 7. The van der Waals surface area contributed by atoms with Crippen molar-refractivity contribution in [2.45, 2.75) is 103 Å². The third kappa shape index (κ3) is 6.35. The monoisotopic (exact) mass is 648 g/mol. The van der Waals surface area contributed by atoms with Crippen LogP contribution in [0.3, 0.4) is 0 Å². The van der Waals surface area contributed by atoms with Crippen molar-refractivity contribution in [3.05, 3.63) is 58.0 Å². The second kappa shape index (κ2) is 13.1. The maximum Gasteiger partial charge on any atom is 0.175 e. The summed E-state index contributed by atoms with van der Waals surface area (Å²) in [7, 11) is 0. The van der Waals surface area contributed by atoms with E-state index in [1.54, 1.807) is 6.20 Å². The number of halogens is 3. The molecule has 5 aliphatic rings. The van der Waals surface area contributed by atoms with E-state index in [0.717, 1.165) is 92.8 Å². The summed E-state index contributed by atoms with van der Waals surface area (Å²) < 4.78 is 30.8. The Hall–Kier alpha value is -3.24. The van der Waals surface area contributed by atoms with E-state index < -0.39 is 12.0 Å². The van der Waals surface area contributed by atoms with Gasteiger partial charge in [0.2, 0.25) is 0 Å². The fourth-order valence-corrected chi connectivity index (χ4v) is 8.00. The van der Waals surface area contributed by atoms with Gasteiger partial charge in [-0.15, -0.1) is 5.10 Å². The molecule has 1 aromatic carbocycles. The average Bonchev–Trinajstić information content (AvgIpc) is 3.66. The number of pyridine rings is 1. The van der Waals surface area contributed by atoms with Gasteiger partial charge in [-0.2, -0.15) is 0 Å². The van der Waals surface area contributed by atoms with Gasteiger partial charge in [-0.3, -0.25) is 9.67 Å². The van der Waals surface area contributed by atoms with Gasteiger partial charge in [0, 0.05) is 61.1 Å². The number of benzene rings is 1. The molecule has 0 amide bonds. The van der Waals surface area contributed by atoms with E-state index >= 15 is 4.39 Å². The minimum absolute atomic E-state index is 0.263. The minimum Gasteiger partial charge on any atom is -0.356 e. The molecule has 1 spiro atoms. The second-order valence-corrected chi connectivity index (χ2v) is 14.1. The van der Waals surface area contributed by atoms with Crippen LogP contribution in [0.2, 0.25) is 5.02 Å². The predicted octanol–water partition coefficient (Wildman–Crippen LogP) is 6.98. The molecule has 4 aromatic rings. The van der Waals surface area contributed by atoms with Crippen LogP contribution in [0, 0.1) is 18.7 Å². The molecule has 244 valence electrons. The number of nitrogens with one attached hydrogen (secondary N) is 1. The number of anilines is 1. The van der Waals surface area contributed by atoms with Crippen molar-refractivity contribution in [2.75, 3.05) is 24.5 Å². The van der Waals surface area contributed by atoms with Crippen molar-refractivity contribution < 1.29 is 8.78 Å². The van der Waals surface area contributed by atoms with E-state index in [0.29, 0.717) is 46.3 Å². The summed E-state index contributed by atoms with van der Waals surface area (Å²) in [6, 6.07) is 3.93. The van der Waals surface area contributed by atoms with Gasteiger partial charge in [0.1, 0.15) is 29.0 Å². The van der Waals surface area contributed by atoms with Crippen molar-refractivity contribution in [2.24, 2.45) is 5.92 Å². The molecule has 2 saturated heterocycles. The molecule has 9 rings (SSSR count). The predicted molar refractivity (Wildman–Crippen MR) is 178 cm³/mol. The molecule has 11 heteroatoms. The molecule has 0 radical (unpaired) electrons. The van der Waals surface area contributed by atoms with Gasteiger partial charge in [0.15, 0.2) is 5.82 Å². The molecule has 3 fully saturated rings. The zero-order valence-corrected chi connectivity index (χ0v) is 27.6. The number of hydrogen-bond donors (Lipinski definition) is 1. The molecule has 7 heterocycles. The smallest absolute Gasteiger partial charge is 0.175 e. The lowest BCUT2D eigenvalue weighted by Crippen LogP contribution is -2.45. The fraction of sp³-hybridized carbons (Fsp3) is 0.571. The summed E-state index contributed by atoms with van der Waals surface area (Å²) in [6.07, 6.45) is 14.0. The van der Waals surface area contributed by atoms with Crippen molar-refractivity contribution in [1.29, 1.82) is 0 Å². The second-order valence-electron chi connectivity index (χ2n) is 13.7. The molecular formula is C35H43ClF2N8. The molecule has 8 bridgehead atoms. The van der Waals surface area contributed by atoms with Crippen molar-refractivity contribution >= 4 is 28.3 Å². The number of aromatic nitrogens is 6. The third-order valence-electron chi connectivity index (χ3n) is 10.2. The van der Waals surface area contributed by atoms with Crippen molar-refractivity contribution in [3.8, 4) is 11.3 Å². The standard InChI is InChI=1S/C28H31ClFN7.C7H12FN/c1-3-24-32-27-22-14-31-26(25(27)30)21-11-17(2)12-23(29)20(21)8-4-5-10-37-16-19(34-35-37)13-18-7-6-9-36(15-18)28(22)33-24;8-6-4-7(9-5-6)2-1-3-7/h11-12,14,16,18H,3-10,13,15H2,1-2H3;6,9H,1-5H2. The lowest BCUT2D eigenvalue weighted by atomic mass is 9.76. The summed E-state index contributed by atoms with van der Waals surface area (Å²) >= 11 is 6.72. The Bertz CT molecular complexity index is 1720. The Morgan fingerprint density at radius 2 is 1.98 bits per heavy atom. The fourth-order valence-electron chi connectivity index (χ4n) is 7.63. The first kappa shape index (κ1) is 31.4. The van der Waals surface area contributed by atoms with Crippen LogP contribution in [0.15, 0.2) is 24.5 Å². The van der Waals surface area contributed by atoms with Gasteiger partial charge in [0.25, 0.3) is 0 Å². The quantitative estimate of drug-likeness (QED) is 0.238. The highest BCUT2D eigenvalue weighted by Gasteiger charge is 2.43. The van der Waals surface area contributed by atoms with Crippen LogP contribution in [0.4, 0.5) is 14.6 Å². The van der Waals surface area contributed by atoms with Crippen LogP contribution in [0.1, 0.15) is 80.9 Å². The summed E-state index contributed by atoms with van der Waals surface area (Å²) in [5, 5.41) is 13.4. The first-order chi connectivity index (χ1) is 22.3. The topological polar surface area (TPSA) is 84.6 Å². The zero-order valence-electron chi connectivity index (χ0n) is 26.8. The van der Waals surface area contributed by atoms with Gasteiger partial charge in [-0.1, -0.05) is 23.7 Å². The maximum absolute atomic E-state index is 16.3. The zero-order chi connectivity index (χ0) is 31.8. The normalized spacial score (nSPS) is 22.2. The Morgan fingerprint density at radius 3 is 2.72 bits per heavy atom. The molecule has 46 heavy (non-hydrogen) atoms. The van der Waals surface area contributed by atoms with Gasteiger partial charge >= 0.3 is 0 Å². The summed E-state index contributed by atoms with van der Waals surface area (Å²) in [5.74, 6) is 1.44. The van der Waals surface area contributed by atoms with E-state index in [1.165, 1.54) is 19.3 Å². The lowest BCUT2D eigenvalue weighted by Gasteiger charge is -2.38. The number of aryl methyl sites for hydroxylation is 3. The van der Waals surface area contributed by atoms with Crippen LogP contribution in [0.25, 0.3) is 22.2 Å². The first-order valence-corrected chi connectivity index (χ1v) is 17.4. The number of piperidine rings is 1. The van der Waals surface area contributed by atoms with E-state index in [4.69, 9.17) is 16.6 Å². The van der Waals surface area contributed by atoms with Crippen molar-refractivity contribution in [1.82, 2.24) is 35.3 Å². The summed E-state index contributed by atoms with van der Waals surface area (Å²) in [4.78, 5) is 16.5. The number of alkyl halides is 1. The molecule has 2 atom stereocenters. The maximum atomic E-state index is 16.3. The molecule has 1 N–H and O–H groups in total. The lowest BCUT2D eigenvalue weighted by molar-refractivity contribution is 0.202. The SMILES string of the molecule is CCc1nc2c3cnc(c(F)c3n1)-c1cc(C)cc(Cl)c1CCCCn1cc(nn1)CC1CCCN2C1.FC1CNC2(CCC2)C1. The van der Waals surface area contributed by atoms with E-state index in [9.17, 15) is 4.39 Å². The number of nitrogens with zero attached hydrogens (tertiary/aromatic N) is 7.